The Morgan fingerprint density at radius 1 is 1.00 bits per heavy atom. The monoisotopic (exact) mass is 382 g/mol. The van der Waals surface area contributed by atoms with E-state index in [1.807, 2.05) is 0 Å². The molecule has 3 aliphatic rings. The van der Waals surface area contributed by atoms with Crippen molar-refractivity contribution < 1.29 is 24.1 Å². The summed E-state index contributed by atoms with van der Waals surface area (Å²) < 4.78 is 5.73. The molecule has 3 amide bonds. The minimum Gasteiger partial charge on any atom is -0.372 e. The maximum absolute atomic E-state index is 12.2. The normalized spacial score (nSPS) is 37.0. The SMILES string of the molecule is C[C@H]1[C@@H](NC(=O)NC(=O)C[NH+]2CC[NH+](C[C@@H]3CCCO3)CC2)CCC[C@@H]1C. The zero-order valence-corrected chi connectivity index (χ0v) is 17.0. The summed E-state index contributed by atoms with van der Waals surface area (Å²) in [5, 5.41) is 5.56. The van der Waals surface area contributed by atoms with Crippen molar-refractivity contribution in [2.24, 2.45) is 11.8 Å². The highest BCUT2D eigenvalue weighted by Crippen LogP contribution is 2.29. The number of carbonyl (C=O) groups excluding carboxylic acids is 2. The number of piperazine rings is 1. The molecule has 4 atom stereocenters. The average Bonchev–Trinajstić information content (AvgIpc) is 3.13. The lowest BCUT2D eigenvalue weighted by atomic mass is 9.78. The van der Waals surface area contributed by atoms with Crippen LogP contribution in [0.3, 0.4) is 0 Å². The lowest BCUT2D eigenvalue weighted by molar-refractivity contribution is -1.01. The maximum atomic E-state index is 12.2. The highest BCUT2D eigenvalue weighted by atomic mass is 16.5. The molecule has 154 valence electrons. The van der Waals surface area contributed by atoms with Gasteiger partial charge < -0.3 is 19.9 Å². The van der Waals surface area contributed by atoms with Crippen LogP contribution >= 0.6 is 0 Å². The Kier molecular flexibility index (Phi) is 7.49. The lowest BCUT2D eigenvalue weighted by Crippen LogP contribution is -3.28. The summed E-state index contributed by atoms with van der Waals surface area (Å²) in [5.41, 5.74) is 0. The molecule has 2 heterocycles. The Morgan fingerprint density at radius 3 is 2.44 bits per heavy atom. The number of carbonyl (C=O) groups is 2. The van der Waals surface area contributed by atoms with Crippen molar-refractivity contribution in [2.75, 3.05) is 45.9 Å². The Labute approximate surface area is 163 Å². The van der Waals surface area contributed by atoms with Crippen LogP contribution in [0.4, 0.5) is 4.79 Å². The van der Waals surface area contributed by atoms with Crippen molar-refractivity contribution >= 4 is 11.9 Å². The zero-order chi connectivity index (χ0) is 19.2. The van der Waals surface area contributed by atoms with Crippen LogP contribution in [0.5, 0.6) is 0 Å². The molecule has 4 N–H and O–H groups in total. The molecule has 0 aromatic rings. The number of urea groups is 1. The minimum atomic E-state index is -0.326. The summed E-state index contributed by atoms with van der Waals surface area (Å²) in [6.07, 6.45) is 6.19. The number of rotatable bonds is 5. The number of hydrogen-bond donors (Lipinski definition) is 4. The molecular formula is C20H38N4O3+2. The number of nitrogens with one attached hydrogen (secondary N) is 4. The highest BCUT2D eigenvalue weighted by Gasteiger charge is 2.30. The van der Waals surface area contributed by atoms with E-state index in [1.54, 1.807) is 4.90 Å². The fourth-order valence-corrected chi connectivity index (χ4v) is 4.85. The van der Waals surface area contributed by atoms with E-state index in [0.717, 1.165) is 52.2 Å². The van der Waals surface area contributed by atoms with Gasteiger partial charge in [-0.2, -0.15) is 0 Å². The summed E-state index contributed by atoms with van der Waals surface area (Å²) in [4.78, 5) is 27.3. The summed E-state index contributed by atoms with van der Waals surface area (Å²) >= 11 is 0. The third-order valence-electron chi connectivity index (χ3n) is 6.89. The second-order valence-electron chi connectivity index (χ2n) is 8.91. The molecule has 0 aromatic carbocycles. The van der Waals surface area contributed by atoms with E-state index < -0.39 is 0 Å². The number of amides is 3. The Bertz CT molecular complexity index is 501. The minimum absolute atomic E-state index is 0.165. The first-order chi connectivity index (χ1) is 13.0. The molecule has 0 radical (unpaired) electrons. The number of hydrogen-bond acceptors (Lipinski definition) is 3. The topological polar surface area (TPSA) is 76.3 Å². The van der Waals surface area contributed by atoms with Gasteiger partial charge in [-0.1, -0.05) is 26.7 Å². The lowest BCUT2D eigenvalue weighted by Gasteiger charge is -2.34. The second-order valence-corrected chi connectivity index (χ2v) is 8.91. The van der Waals surface area contributed by atoms with Crippen molar-refractivity contribution in [3.63, 3.8) is 0 Å². The molecule has 2 saturated heterocycles. The average molecular weight is 383 g/mol. The molecule has 0 spiro atoms. The number of quaternary nitrogens is 2. The molecule has 27 heavy (non-hydrogen) atoms. The first-order valence-corrected chi connectivity index (χ1v) is 10.9. The summed E-state index contributed by atoms with van der Waals surface area (Å²) in [7, 11) is 0. The predicted octanol–water partition coefficient (Wildman–Crippen LogP) is -1.40. The van der Waals surface area contributed by atoms with E-state index in [4.69, 9.17) is 4.74 Å². The highest BCUT2D eigenvalue weighted by molar-refractivity contribution is 5.94. The molecule has 3 rings (SSSR count). The van der Waals surface area contributed by atoms with Crippen LogP contribution in [-0.2, 0) is 9.53 Å². The Balaban J connectivity index is 1.32. The smallest absolute Gasteiger partial charge is 0.321 e. The van der Waals surface area contributed by atoms with Gasteiger partial charge in [-0.15, -0.1) is 0 Å². The molecule has 0 bridgehead atoms. The van der Waals surface area contributed by atoms with Crippen LogP contribution in [0.25, 0.3) is 0 Å². The standard InChI is InChI=1S/C20H36N4O3/c1-15-5-3-7-18(16(15)2)21-20(26)22-19(25)14-24-10-8-23(9-11-24)13-17-6-4-12-27-17/h15-18H,3-14H2,1-2H3,(H2,21,22,25,26)/p+2/t15-,16+,17-,18-/m0/s1. The molecule has 1 aliphatic carbocycles. The number of ether oxygens (including phenoxy) is 1. The van der Waals surface area contributed by atoms with Gasteiger partial charge in [-0.05, 0) is 31.1 Å². The van der Waals surface area contributed by atoms with E-state index in [1.165, 1.54) is 24.2 Å². The van der Waals surface area contributed by atoms with Crippen molar-refractivity contribution in [2.45, 2.75) is 58.1 Å². The van der Waals surface area contributed by atoms with E-state index in [-0.39, 0.29) is 18.0 Å². The Hall–Kier alpha value is -1.18. The first kappa shape index (κ1) is 20.6. The third-order valence-corrected chi connectivity index (χ3v) is 6.89. The van der Waals surface area contributed by atoms with E-state index in [2.05, 4.69) is 24.5 Å². The van der Waals surface area contributed by atoms with Crippen LogP contribution in [-0.4, -0.2) is 70.0 Å². The quantitative estimate of drug-likeness (QED) is 0.472. The second kappa shape index (κ2) is 9.85. The van der Waals surface area contributed by atoms with E-state index >= 15 is 0 Å². The van der Waals surface area contributed by atoms with Crippen molar-refractivity contribution in [3.8, 4) is 0 Å². The van der Waals surface area contributed by atoms with Gasteiger partial charge in [0.2, 0.25) is 0 Å². The molecule has 1 saturated carbocycles. The van der Waals surface area contributed by atoms with Crippen LogP contribution in [0.2, 0.25) is 0 Å². The third kappa shape index (κ3) is 6.16. The summed E-state index contributed by atoms with van der Waals surface area (Å²) in [6, 6.07) is -0.146. The van der Waals surface area contributed by atoms with Crippen LogP contribution in [0, 0.1) is 11.8 Å². The number of imide groups is 1. The first-order valence-electron chi connectivity index (χ1n) is 10.9. The fraction of sp³-hybridized carbons (Fsp3) is 0.900. The predicted molar refractivity (Wildman–Crippen MR) is 103 cm³/mol. The summed E-state index contributed by atoms with van der Waals surface area (Å²) in [5.74, 6) is 0.921. The molecule has 7 nitrogen and oxygen atoms in total. The van der Waals surface area contributed by atoms with E-state index in [0.29, 0.717) is 24.5 Å². The van der Waals surface area contributed by atoms with Crippen molar-refractivity contribution in [1.82, 2.24) is 10.6 Å². The van der Waals surface area contributed by atoms with Crippen molar-refractivity contribution in [1.29, 1.82) is 0 Å². The molecule has 0 unspecified atom stereocenters. The van der Waals surface area contributed by atoms with Gasteiger partial charge in [0, 0.05) is 12.6 Å². The van der Waals surface area contributed by atoms with E-state index in [9.17, 15) is 9.59 Å². The van der Waals surface area contributed by atoms with Gasteiger partial charge >= 0.3 is 6.03 Å². The molecule has 0 aromatic heterocycles. The van der Waals surface area contributed by atoms with Gasteiger partial charge in [-0.25, -0.2) is 4.79 Å². The fourth-order valence-electron chi connectivity index (χ4n) is 4.85. The van der Waals surface area contributed by atoms with Gasteiger partial charge in [0.1, 0.15) is 38.8 Å². The summed E-state index contributed by atoms with van der Waals surface area (Å²) in [6.45, 7) is 10.9. The van der Waals surface area contributed by atoms with Crippen LogP contribution in [0.1, 0.15) is 46.0 Å². The van der Waals surface area contributed by atoms with Gasteiger partial charge in [-0.3, -0.25) is 10.1 Å². The van der Waals surface area contributed by atoms with Crippen LogP contribution in [0.15, 0.2) is 0 Å². The maximum Gasteiger partial charge on any atom is 0.321 e. The van der Waals surface area contributed by atoms with Crippen LogP contribution < -0.4 is 20.4 Å². The molecular weight excluding hydrogens is 344 g/mol. The molecule has 3 fully saturated rings. The van der Waals surface area contributed by atoms with Gasteiger partial charge in [0.25, 0.3) is 5.91 Å². The molecule has 2 aliphatic heterocycles. The molecule has 7 heteroatoms. The Morgan fingerprint density at radius 2 is 1.74 bits per heavy atom. The van der Waals surface area contributed by atoms with Crippen molar-refractivity contribution in [3.05, 3.63) is 0 Å². The zero-order valence-electron chi connectivity index (χ0n) is 17.0. The van der Waals surface area contributed by atoms with Gasteiger partial charge in [0.15, 0.2) is 6.54 Å². The largest absolute Gasteiger partial charge is 0.372 e. The van der Waals surface area contributed by atoms with Gasteiger partial charge in [0.05, 0.1) is 0 Å².